The van der Waals surface area contributed by atoms with E-state index in [2.05, 4.69) is 10.6 Å². The molecule has 0 radical (unpaired) electrons. The number of hydrogen-bond acceptors (Lipinski definition) is 5. The summed E-state index contributed by atoms with van der Waals surface area (Å²) in [5, 5.41) is 5.80. The summed E-state index contributed by atoms with van der Waals surface area (Å²) < 4.78 is 16.1. The van der Waals surface area contributed by atoms with Gasteiger partial charge < -0.3 is 24.8 Å². The fraction of sp³-hybridized carbons (Fsp3) is 0.200. The Morgan fingerprint density at radius 3 is 2.82 bits per heavy atom. The molecule has 1 atom stereocenters. The topological polar surface area (TPSA) is 85.9 Å². The summed E-state index contributed by atoms with van der Waals surface area (Å²) >= 11 is 6.28. The van der Waals surface area contributed by atoms with Gasteiger partial charge in [0.1, 0.15) is 6.61 Å². The van der Waals surface area contributed by atoms with E-state index in [-0.39, 0.29) is 13.4 Å². The number of amides is 2. The van der Waals surface area contributed by atoms with Gasteiger partial charge in [-0.3, -0.25) is 0 Å². The zero-order valence-corrected chi connectivity index (χ0v) is 15.7. The van der Waals surface area contributed by atoms with E-state index in [0.717, 1.165) is 5.56 Å². The second-order valence-electron chi connectivity index (χ2n) is 6.36. The van der Waals surface area contributed by atoms with Gasteiger partial charge in [-0.25, -0.2) is 9.59 Å². The van der Waals surface area contributed by atoms with Crippen LogP contribution in [0.5, 0.6) is 11.5 Å². The number of halogens is 1. The minimum atomic E-state index is -0.702. The average molecular weight is 401 g/mol. The lowest BCUT2D eigenvalue weighted by Gasteiger charge is -2.28. The summed E-state index contributed by atoms with van der Waals surface area (Å²) in [7, 11) is 0. The minimum Gasteiger partial charge on any atom is -0.457 e. The van der Waals surface area contributed by atoms with Crippen LogP contribution in [0.1, 0.15) is 24.1 Å². The molecular weight excluding hydrogens is 384 g/mol. The van der Waals surface area contributed by atoms with Crippen molar-refractivity contribution in [3.63, 3.8) is 0 Å². The number of ether oxygens (including phenoxy) is 3. The molecule has 0 saturated heterocycles. The first-order valence-corrected chi connectivity index (χ1v) is 8.99. The largest absolute Gasteiger partial charge is 0.457 e. The van der Waals surface area contributed by atoms with Crippen LogP contribution in [0.2, 0.25) is 5.02 Å². The third-order valence-corrected chi connectivity index (χ3v) is 4.86. The molecule has 28 heavy (non-hydrogen) atoms. The van der Waals surface area contributed by atoms with Crippen molar-refractivity contribution in [1.82, 2.24) is 10.6 Å². The molecule has 2 heterocycles. The number of carbonyl (C=O) groups excluding carboxylic acids is 2. The van der Waals surface area contributed by atoms with E-state index in [1.165, 1.54) is 0 Å². The van der Waals surface area contributed by atoms with Crippen LogP contribution in [0.3, 0.4) is 0 Å². The zero-order valence-electron chi connectivity index (χ0n) is 15.0. The summed E-state index contributed by atoms with van der Waals surface area (Å²) in [6.45, 7) is 1.88. The molecule has 2 aromatic rings. The lowest BCUT2D eigenvalue weighted by Crippen LogP contribution is -2.45. The van der Waals surface area contributed by atoms with E-state index in [1.807, 2.05) is 0 Å². The lowest BCUT2D eigenvalue weighted by atomic mass is 9.95. The van der Waals surface area contributed by atoms with Crippen molar-refractivity contribution in [1.29, 1.82) is 0 Å². The van der Waals surface area contributed by atoms with Gasteiger partial charge in [0.2, 0.25) is 6.79 Å². The highest BCUT2D eigenvalue weighted by Crippen LogP contribution is 2.34. The second kappa shape index (κ2) is 7.44. The Bertz CT molecular complexity index is 988. The summed E-state index contributed by atoms with van der Waals surface area (Å²) in [4.78, 5) is 24.8. The van der Waals surface area contributed by atoms with Gasteiger partial charge in [-0.05, 0) is 36.2 Å². The highest BCUT2D eigenvalue weighted by atomic mass is 35.5. The number of fused-ring (bicyclic) bond motifs is 1. The zero-order chi connectivity index (χ0) is 19.7. The molecule has 0 aromatic heterocycles. The van der Waals surface area contributed by atoms with Gasteiger partial charge >= 0.3 is 12.0 Å². The van der Waals surface area contributed by atoms with Gasteiger partial charge in [0.05, 0.1) is 11.6 Å². The second-order valence-corrected chi connectivity index (χ2v) is 6.76. The minimum absolute atomic E-state index is 0.0510. The number of benzene rings is 2. The van der Waals surface area contributed by atoms with E-state index < -0.39 is 18.0 Å². The van der Waals surface area contributed by atoms with Crippen molar-refractivity contribution in [2.45, 2.75) is 19.6 Å². The van der Waals surface area contributed by atoms with E-state index in [1.54, 1.807) is 49.4 Å². The Morgan fingerprint density at radius 1 is 1.21 bits per heavy atom. The first kappa shape index (κ1) is 18.2. The first-order valence-electron chi connectivity index (χ1n) is 8.61. The van der Waals surface area contributed by atoms with Crippen LogP contribution >= 0.6 is 11.6 Å². The van der Waals surface area contributed by atoms with Gasteiger partial charge in [-0.15, -0.1) is 0 Å². The van der Waals surface area contributed by atoms with Crippen LogP contribution in [0.15, 0.2) is 53.7 Å². The maximum absolute atomic E-state index is 12.8. The number of hydrogen-bond donors (Lipinski definition) is 2. The van der Waals surface area contributed by atoms with E-state index in [4.69, 9.17) is 25.8 Å². The SMILES string of the molecule is CC1=C(C(=O)OCc2ccc3c(c2)OCO3)[C@@H](c2ccccc2Cl)NC(=O)N1. The molecule has 0 spiro atoms. The van der Waals surface area contributed by atoms with Crippen LogP contribution in [0.25, 0.3) is 0 Å². The highest BCUT2D eigenvalue weighted by molar-refractivity contribution is 6.31. The molecule has 2 aliphatic rings. The lowest BCUT2D eigenvalue weighted by molar-refractivity contribution is -0.140. The molecule has 0 aliphatic carbocycles. The number of nitrogens with one attached hydrogen (secondary N) is 2. The molecule has 7 nitrogen and oxygen atoms in total. The smallest absolute Gasteiger partial charge is 0.338 e. The molecule has 144 valence electrons. The molecule has 0 bridgehead atoms. The molecule has 0 unspecified atom stereocenters. The number of urea groups is 1. The Morgan fingerprint density at radius 2 is 2.00 bits per heavy atom. The van der Waals surface area contributed by atoms with Crippen molar-refractivity contribution >= 4 is 23.6 Å². The molecule has 2 amide bonds. The van der Waals surface area contributed by atoms with E-state index >= 15 is 0 Å². The van der Waals surface area contributed by atoms with Crippen LogP contribution in [-0.2, 0) is 16.1 Å². The number of allylic oxidation sites excluding steroid dienone is 1. The Labute approximate surface area is 166 Å². The van der Waals surface area contributed by atoms with Crippen molar-refractivity contribution in [3.05, 3.63) is 69.9 Å². The maximum atomic E-state index is 12.8. The van der Waals surface area contributed by atoms with Crippen LogP contribution in [-0.4, -0.2) is 18.8 Å². The quantitative estimate of drug-likeness (QED) is 0.768. The fourth-order valence-corrected chi connectivity index (χ4v) is 3.41. The third kappa shape index (κ3) is 3.48. The van der Waals surface area contributed by atoms with Gasteiger partial charge in [0.15, 0.2) is 11.5 Å². The molecule has 2 N–H and O–H groups in total. The van der Waals surface area contributed by atoms with Crippen molar-refractivity contribution in [2.24, 2.45) is 0 Å². The highest BCUT2D eigenvalue weighted by Gasteiger charge is 2.33. The fourth-order valence-electron chi connectivity index (χ4n) is 3.16. The van der Waals surface area contributed by atoms with Crippen molar-refractivity contribution in [3.8, 4) is 11.5 Å². The van der Waals surface area contributed by atoms with Crippen LogP contribution < -0.4 is 20.1 Å². The molecule has 2 aliphatic heterocycles. The van der Waals surface area contributed by atoms with E-state index in [0.29, 0.717) is 33.4 Å². The summed E-state index contributed by atoms with van der Waals surface area (Å²) in [5.41, 5.74) is 2.10. The van der Waals surface area contributed by atoms with Crippen LogP contribution in [0.4, 0.5) is 4.79 Å². The first-order chi connectivity index (χ1) is 13.5. The monoisotopic (exact) mass is 400 g/mol. The predicted octanol–water partition coefficient (Wildman–Crippen LogP) is 3.44. The number of rotatable bonds is 4. The molecule has 0 fully saturated rings. The third-order valence-electron chi connectivity index (χ3n) is 4.51. The molecule has 4 rings (SSSR count). The molecule has 0 saturated carbocycles. The Hall–Kier alpha value is -3.19. The predicted molar refractivity (Wildman–Crippen MR) is 101 cm³/mol. The standard InChI is InChI=1S/C20H17ClN2O5/c1-11-17(18(23-20(25)22-11)13-4-2-3-5-14(13)21)19(24)26-9-12-6-7-15-16(8-12)28-10-27-15/h2-8,18H,9-10H2,1H3,(H2,22,23,25)/t18-/m1/s1. The van der Waals surface area contributed by atoms with E-state index in [9.17, 15) is 9.59 Å². The molecule has 2 aromatic carbocycles. The Kier molecular flexibility index (Phi) is 4.83. The molecule has 8 heteroatoms. The van der Waals surface area contributed by atoms with Crippen molar-refractivity contribution < 1.29 is 23.8 Å². The van der Waals surface area contributed by atoms with Crippen LogP contribution in [0, 0.1) is 0 Å². The van der Waals surface area contributed by atoms with Gasteiger partial charge in [0.25, 0.3) is 0 Å². The average Bonchev–Trinajstić information content (AvgIpc) is 3.13. The van der Waals surface area contributed by atoms with Gasteiger partial charge in [-0.2, -0.15) is 0 Å². The normalized spacial score (nSPS) is 17.8. The summed E-state index contributed by atoms with van der Waals surface area (Å²) in [6, 6.07) is 11.3. The van der Waals surface area contributed by atoms with Crippen molar-refractivity contribution in [2.75, 3.05) is 6.79 Å². The maximum Gasteiger partial charge on any atom is 0.338 e. The number of esters is 1. The number of carbonyl (C=O) groups is 2. The summed E-state index contributed by atoms with van der Waals surface area (Å²) in [5.74, 6) is 0.726. The Balaban J connectivity index is 1.56. The van der Waals surface area contributed by atoms with Gasteiger partial charge in [-0.1, -0.05) is 35.9 Å². The molecular formula is C20H17ClN2O5. The van der Waals surface area contributed by atoms with Gasteiger partial charge in [0, 0.05) is 10.7 Å². The summed E-state index contributed by atoms with van der Waals surface area (Å²) in [6.07, 6.45) is 0.